The molecule has 0 aliphatic rings. The van der Waals surface area contributed by atoms with Crippen LogP contribution in [0.15, 0.2) is 46.3 Å². The van der Waals surface area contributed by atoms with Crippen molar-refractivity contribution in [1.29, 1.82) is 0 Å². The molecule has 0 unspecified atom stereocenters. The van der Waals surface area contributed by atoms with Gasteiger partial charge in [0.15, 0.2) is 5.96 Å². The molecule has 0 atom stereocenters. The second-order valence-electron chi connectivity index (χ2n) is 5.25. The van der Waals surface area contributed by atoms with Crippen LogP contribution in [0.4, 0.5) is 0 Å². The molecule has 0 bridgehead atoms. The molecule has 138 valence electrons. The first-order chi connectivity index (χ1) is 11.4. The molecule has 0 amide bonds. The Hall–Kier alpha value is -1.17. The molecular formula is C16H23IN4O2S2. The highest BCUT2D eigenvalue weighted by Crippen LogP contribution is 2.14. The third-order valence-electron chi connectivity index (χ3n) is 3.22. The van der Waals surface area contributed by atoms with E-state index in [2.05, 4.69) is 34.7 Å². The minimum atomic E-state index is -3.70. The van der Waals surface area contributed by atoms with Crippen molar-refractivity contribution in [2.75, 3.05) is 6.54 Å². The van der Waals surface area contributed by atoms with Crippen molar-refractivity contribution in [1.82, 2.24) is 10.6 Å². The predicted octanol–water partition coefficient (Wildman–Crippen LogP) is 2.58. The number of guanidine groups is 1. The summed E-state index contributed by atoms with van der Waals surface area (Å²) in [4.78, 5) is 7.09. The van der Waals surface area contributed by atoms with Gasteiger partial charge in [0.25, 0.3) is 0 Å². The summed E-state index contributed by atoms with van der Waals surface area (Å²) in [5.41, 5.74) is 0.783. The van der Waals surface area contributed by atoms with Crippen molar-refractivity contribution in [2.24, 2.45) is 10.1 Å². The van der Waals surface area contributed by atoms with Gasteiger partial charge in [-0.3, -0.25) is 0 Å². The molecule has 2 rings (SSSR count). The first-order valence-corrected chi connectivity index (χ1v) is 9.94. The molecule has 0 aliphatic carbocycles. The molecule has 1 aromatic carbocycles. The number of benzene rings is 1. The van der Waals surface area contributed by atoms with Gasteiger partial charge in [0.2, 0.25) is 10.0 Å². The number of primary sulfonamides is 1. The molecular weight excluding hydrogens is 471 g/mol. The summed E-state index contributed by atoms with van der Waals surface area (Å²) in [6.07, 6.45) is 0. The lowest BCUT2D eigenvalue weighted by atomic mass is 10.2. The van der Waals surface area contributed by atoms with Crippen LogP contribution in [0.1, 0.15) is 22.2 Å². The summed E-state index contributed by atoms with van der Waals surface area (Å²) in [6.45, 7) is 5.87. The van der Waals surface area contributed by atoms with E-state index in [0.29, 0.717) is 19.0 Å². The molecule has 0 aliphatic heterocycles. The van der Waals surface area contributed by atoms with Crippen LogP contribution in [-0.2, 0) is 23.1 Å². The molecule has 25 heavy (non-hydrogen) atoms. The zero-order valence-corrected chi connectivity index (χ0v) is 18.1. The summed E-state index contributed by atoms with van der Waals surface area (Å²) in [7, 11) is -3.70. The summed E-state index contributed by atoms with van der Waals surface area (Å²) in [6, 6.07) is 10.7. The van der Waals surface area contributed by atoms with Crippen LogP contribution in [0.3, 0.4) is 0 Å². The van der Waals surface area contributed by atoms with Crippen molar-refractivity contribution >= 4 is 51.3 Å². The Labute approximate surface area is 170 Å². The van der Waals surface area contributed by atoms with Gasteiger partial charge < -0.3 is 10.6 Å². The highest BCUT2D eigenvalue weighted by atomic mass is 127. The number of nitrogens with two attached hydrogens (primary N) is 1. The molecule has 1 aromatic heterocycles. The topological polar surface area (TPSA) is 96.6 Å². The zero-order chi connectivity index (χ0) is 17.6. The fraction of sp³-hybridized carbons (Fsp3) is 0.312. The highest BCUT2D eigenvalue weighted by molar-refractivity contribution is 14.0. The molecule has 0 fully saturated rings. The molecule has 0 radical (unpaired) electrons. The maximum absolute atomic E-state index is 11.4. The van der Waals surface area contributed by atoms with Crippen LogP contribution >= 0.6 is 35.3 Å². The monoisotopic (exact) mass is 494 g/mol. The Morgan fingerprint density at radius 1 is 1.24 bits per heavy atom. The first-order valence-electron chi connectivity index (χ1n) is 7.57. The SMILES string of the molecule is CCNC(=NCc1cccc(S(N)(=O)=O)c1)NCc1ccc(C)s1.I. The molecule has 0 spiro atoms. The third-order valence-corrected chi connectivity index (χ3v) is 5.13. The maximum atomic E-state index is 11.4. The van der Waals surface area contributed by atoms with E-state index in [4.69, 9.17) is 5.14 Å². The van der Waals surface area contributed by atoms with Crippen LogP contribution in [-0.4, -0.2) is 20.9 Å². The Kier molecular flexibility index (Phi) is 8.83. The Bertz CT molecular complexity index is 819. The number of sulfonamides is 1. The van der Waals surface area contributed by atoms with Gasteiger partial charge in [-0.2, -0.15) is 0 Å². The van der Waals surface area contributed by atoms with Gasteiger partial charge in [-0.15, -0.1) is 35.3 Å². The number of thiophene rings is 1. The van der Waals surface area contributed by atoms with Crippen molar-refractivity contribution < 1.29 is 8.42 Å². The van der Waals surface area contributed by atoms with E-state index in [-0.39, 0.29) is 28.9 Å². The summed E-state index contributed by atoms with van der Waals surface area (Å²) >= 11 is 1.74. The predicted molar refractivity (Wildman–Crippen MR) is 114 cm³/mol. The average Bonchev–Trinajstić information content (AvgIpc) is 2.95. The van der Waals surface area contributed by atoms with Gasteiger partial charge in [-0.25, -0.2) is 18.5 Å². The zero-order valence-electron chi connectivity index (χ0n) is 14.2. The summed E-state index contributed by atoms with van der Waals surface area (Å²) < 4.78 is 22.8. The lowest BCUT2D eigenvalue weighted by Crippen LogP contribution is -2.36. The third kappa shape index (κ3) is 7.30. The van der Waals surface area contributed by atoms with Crippen molar-refractivity contribution in [3.05, 3.63) is 51.7 Å². The van der Waals surface area contributed by atoms with Crippen LogP contribution in [0.2, 0.25) is 0 Å². The number of aryl methyl sites for hydroxylation is 1. The fourth-order valence-electron chi connectivity index (χ4n) is 2.08. The van der Waals surface area contributed by atoms with E-state index in [1.54, 1.807) is 23.5 Å². The van der Waals surface area contributed by atoms with Gasteiger partial charge in [-0.05, 0) is 43.7 Å². The second-order valence-corrected chi connectivity index (χ2v) is 8.19. The van der Waals surface area contributed by atoms with Crippen molar-refractivity contribution in [3.63, 3.8) is 0 Å². The number of hydrogen-bond donors (Lipinski definition) is 3. The van der Waals surface area contributed by atoms with Crippen LogP contribution in [0.5, 0.6) is 0 Å². The quantitative estimate of drug-likeness (QED) is 0.327. The molecule has 4 N–H and O–H groups in total. The van der Waals surface area contributed by atoms with E-state index >= 15 is 0 Å². The highest BCUT2D eigenvalue weighted by Gasteiger charge is 2.08. The normalized spacial score (nSPS) is 11.7. The van der Waals surface area contributed by atoms with E-state index in [0.717, 1.165) is 12.1 Å². The lowest BCUT2D eigenvalue weighted by Gasteiger charge is -2.10. The van der Waals surface area contributed by atoms with E-state index < -0.39 is 10.0 Å². The Balaban J connectivity index is 0.00000312. The maximum Gasteiger partial charge on any atom is 0.238 e. The van der Waals surface area contributed by atoms with Crippen molar-refractivity contribution in [3.8, 4) is 0 Å². The number of rotatable bonds is 6. The smallest absolute Gasteiger partial charge is 0.238 e. The average molecular weight is 494 g/mol. The standard InChI is InChI=1S/C16H22N4O2S2.HI/c1-3-18-16(20-11-14-8-7-12(2)23-14)19-10-13-5-4-6-15(9-13)24(17,21)22;/h4-9H,3,10-11H2,1-2H3,(H2,17,21,22)(H2,18,19,20);1H. The number of hydrogen-bond acceptors (Lipinski definition) is 4. The summed E-state index contributed by atoms with van der Waals surface area (Å²) in [5.74, 6) is 0.685. The minimum Gasteiger partial charge on any atom is -0.357 e. The van der Waals surface area contributed by atoms with Crippen LogP contribution in [0.25, 0.3) is 0 Å². The van der Waals surface area contributed by atoms with Crippen LogP contribution in [0, 0.1) is 6.92 Å². The molecule has 6 nitrogen and oxygen atoms in total. The van der Waals surface area contributed by atoms with E-state index in [1.807, 2.05) is 13.0 Å². The van der Waals surface area contributed by atoms with Gasteiger partial charge >= 0.3 is 0 Å². The molecule has 0 saturated heterocycles. The van der Waals surface area contributed by atoms with Gasteiger partial charge in [-0.1, -0.05) is 12.1 Å². The first kappa shape index (κ1) is 21.9. The molecule has 1 heterocycles. The molecule has 0 saturated carbocycles. The van der Waals surface area contributed by atoms with Gasteiger partial charge in [0, 0.05) is 16.3 Å². The van der Waals surface area contributed by atoms with Crippen molar-refractivity contribution in [2.45, 2.75) is 31.8 Å². The largest absolute Gasteiger partial charge is 0.357 e. The molecule has 2 aromatic rings. The number of nitrogens with zero attached hydrogens (tertiary/aromatic N) is 1. The summed E-state index contributed by atoms with van der Waals surface area (Å²) in [5, 5.41) is 11.6. The van der Waals surface area contributed by atoms with E-state index in [9.17, 15) is 8.42 Å². The lowest BCUT2D eigenvalue weighted by molar-refractivity contribution is 0.597. The Morgan fingerprint density at radius 3 is 2.60 bits per heavy atom. The van der Waals surface area contributed by atoms with Gasteiger partial charge in [0.05, 0.1) is 18.0 Å². The number of nitrogens with one attached hydrogen (secondary N) is 2. The van der Waals surface area contributed by atoms with Gasteiger partial charge in [0.1, 0.15) is 0 Å². The fourth-order valence-corrected chi connectivity index (χ4v) is 3.50. The van der Waals surface area contributed by atoms with E-state index in [1.165, 1.54) is 15.8 Å². The minimum absolute atomic E-state index is 0. The Morgan fingerprint density at radius 2 is 2.00 bits per heavy atom. The second kappa shape index (κ2) is 10.1. The number of aliphatic imine (C=N–C) groups is 1. The molecule has 9 heteroatoms. The van der Waals surface area contributed by atoms with Crippen LogP contribution < -0.4 is 15.8 Å². The number of halogens is 1.